The summed E-state index contributed by atoms with van der Waals surface area (Å²) in [4.78, 5) is 0. The van der Waals surface area contributed by atoms with Gasteiger partial charge in [-0.1, -0.05) is 13.8 Å². The van der Waals surface area contributed by atoms with E-state index in [2.05, 4.69) is 0 Å². The number of rotatable bonds is 6. The van der Waals surface area contributed by atoms with Crippen molar-refractivity contribution in [1.29, 1.82) is 0 Å². The van der Waals surface area contributed by atoms with Crippen LogP contribution < -0.4 is 0 Å². The molecular weight excluding hydrogens is 188 g/mol. The summed E-state index contributed by atoms with van der Waals surface area (Å²) in [5.74, 6) is 0.390. The van der Waals surface area contributed by atoms with E-state index >= 15 is 0 Å². The van der Waals surface area contributed by atoms with Gasteiger partial charge in [-0.15, -0.1) is 0 Å². The molecule has 0 heterocycles. The molecule has 80 valence electrons. The summed E-state index contributed by atoms with van der Waals surface area (Å²) in [7, 11) is -2.86. The van der Waals surface area contributed by atoms with Crippen LogP contribution in [0.3, 0.4) is 0 Å². The highest BCUT2D eigenvalue weighted by atomic mass is 32.2. The second kappa shape index (κ2) is 4.96. The molecule has 1 atom stereocenters. The fourth-order valence-electron chi connectivity index (χ4n) is 0.994. The van der Waals surface area contributed by atoms with Gasteiger partial charge in [-0.25, -0.2) is 8.42 Å². The van der Waals surface area contributed by atoms with E-state index in [0.29, 0.717) is 19.3 Å². The fourth-order valence-corrected chi connectivity index (χ4v) is 1.87. The van der Waals surface area contributed by atoms with Gasteiger partial charge in [0.1, 0.15) is 9.84 Å². The Morgan fingerprint density at radius 1 is 1.31 bits per heavy atom. The Kier molecular flexibility index (Phi) is 4.92. The third-order valence-electron chi connectivity index (χ3n) is 2.37. The molecule has 0 aliphatic rings. The summed E-state index contributed by atoms with van der Waals surface area (Å²) >= 11 is 0. The molecule has 0 radical (unpaired) electrons. The molecule has 0 aromatic rings. The molecule has 1 N–H and O–H groups in total. The van der Waals surface area contributed by atoms with E-state index in [-0.39, 0.29) is 11.5 Å². The highest BCUT2D eigenvalue weighted by Crippen LogP contribution is 2.16. The minimum Gasteiger partial charge on any atom is -0.390 e. The lowest BCUT2D eigenvalue weighted by molar-refractivity contribution is 0.0465. The Morgan fingerprint density at radius 3 is 2.23 bits per heavy atom. The maximum Gasteiger partial charge on any atom is 0.150 e. The molecule has 0 aromatic heterocycles. The first-order valence-electron chi connectivity index (χ1n) is 4.76. The SMILES string of the molecule is CCC(C)(O)CCCS(=O)(=O)CC. The smallest absolute Gasteiger partial charge is 0.150 e. The molecule has 0 bridgehead atoms. The number of aliphatic hydroxyl groups is 1. The predicted molar refractivity (Wildman–Crippen MR) is 54.5 cm³/mol. The van der Waals surface area contributed by atoms with Gasteiger partial charge in [-0.05, 0) is 26.2 Å². The summed E-state index contributed by atoms with van der Waals surface area (Å²) in [6.45, 7) is 5.28. The first-order valence-corrected chi connectivity index (χ1v) is 6.58. The topological polar surface area (TPSA) is 54.4 Å². The molecule has 0 aliphatic heterocycles. The largest absolute Gasteiger partial charge is 0.390 e. The highest BCUT2D eigenvalue weighted by molar-refractivity contribution is 7.91. The van der Waals surface area contributed by atoms with Gasteiger partial charge >= 0.3 is 0 Å². The average molecular weight is 208 g/mol. The predicted octanol–water partition coefficient (Wildman–Crippen LogP) is 1.36. The van der Waals surface area contributed by atoms with Crippen molar-refractivity contribution in [1.82, 2.24) is 0 Å². The average Bonchev–Trinajstić information content (AvgIpc) is 2.04. The van der Waals surface area contributed by atoms with Crippen LogP contribution in [0.15, 0.2) is 0 Å². The van der Waals surface area contributed by atoms with Crippen LogP contribution in [0, 0.1) is 0 Å². The molecule has 4 heteroatoms. The minimum atomic E-state index is -2.86. The van der Waals surface area contributed by atoms with Crippen LogP contribution in [0.4, 0.5) is 0 Å². The van der Waals surface area contributed by atoms with E-state index in [1.165, 1.54) is 0 Å². The molecule has 3 nitrogen and oxygen atoms in total. The van der Waals surface area contributed by atoms with Crippen molar-refractivity contribution in [2.45, 2.75) is 45.6 Å². The van der Waals surface area contributed by atoms with Crippen molar-refractivity contribution in [2.75, 3.05) is 11.5 Å². The molecule has 0 fully saturated rings. The highest BCUT2D eigenvalue weighted by Gasteiger charge is 2.18. The van der Waals surface area contributed by atoms with E-state index in [0.717, 1.165) is 0 Å². The van der Waals surface area contributed by atoms with Gasteiger partial charge in [-0.3, -0.25) is 0 Å². The standard InChI is InChI=1S/C9H20O3S/c1-4-9(3,10)7-6-8-13(11,12)5-2/h10H,4-8H2,1-3H3. The van der Waals surface area contributed by atoms with Crippen molar-refractivity contribution in [3.8, 4) is 0 Å². The van der Waals surface area contributed by atoms with E-state index in [9.17, 15) is 13.5 Å². The lowest BCUT2D eigenvalue weighted by atomic mass is 9.98. The van der Waals surface area contributed by atoms with Crippen molar-refractivity contribution < 1.29 is 13.5 Å². The zero-order valence-electron chi connectivity index (χ0n) is 8.71. The van der Waals surface area contributed by atoms with Gasteiger partial charge < -0.3 is 5.11 Å². The minimum absolute atomic E-state index is 0.194. The molecular formula is C9H20O3S. The fraction of sp³-hybridized carbons (Fsp3) is 1.00. The Balaban J connectivity index is 3.81. The molecule has 1 unspecified atom stereocenters. The first-order chi connectivity index (χ1) is 5.83. The quantitative estimate of drug-likeness (QED) is 0.717. The maximum atomic E-state index is 11.1. The molecule has 0 aliphatic carbocycles. The van der Waals surface area contributed by atoms with E-state index in [4.69, 9.17) is 0 Å². The number of hydrogen-bond acceptors (Lipinski definition) is 3. The molecule has 0 amide bonds. The van der Waals surface area contributed by atoms with Crippen LogP contribution in [-0.2, 0) is 9.84 Å². The van der Waals surface area contributed by atoms with Crippen LogP contribution in [-0.4, -0.2) is 30.6 Å². The zero-order valence-corrected chi connectivity index (χ0v) is 9.52. The van der Waals surface area contributed by atoms with Crippen LogP contribution in [0.5, 0.6) is 0 Å². The summed E-state index contributed by atoms with van der Waals surface area (Å²) in [6.07, 6.45) is 1.78. The molecule has 0 spiro atoms. The third-order valence-corrected chi connectivity index (χ3v) is 4.16. The Bertz CT molecular complexity index is 229. The lowest BCUT2D eigenvalue weighted by Crippen LogP contribution is -2.23. The van der Waals surface area contributed by atoms with Crippen LogP contribution >= 0.6 is 0 Å². The van der Waals surface area contributed by atoms with Crippen LogP contribution in [0.1, 0.15) is 40.0 Å². The van der Waals surface area contributed by atoms with E-state index < -0.39 is 15.4 Å². The van der Waals surface area contributed by atoms with Crippen LogP contribution in [0.25, 0.3) is 0 Å². The monoisotopic (exact) mass is 208 g/mol. The second-order valence-electron chi connectivity index (χ2n) is 3.69. The third kappa shape index (κ3) is 6.05. The maximum absolute atomic E-state index is 11.1. The van der Waals surface area contributed by atoms with Gasteiger partial charge in [0.05, 0.1) is 11.4 Å². The van der Waals surface area contributed by atoms with Crippen molar-refractivity contribution >= 4 is 9.84 Å². The first kappa shape index (κ1) is 12.9. The zero-order chi connectivity index (χ0) is 10.5. The van der Waals surface area contributed by atoms with Gasteiger partial charge in [-0.2, -0.15) is 0 Å². The Labute approximate surface area is 81.1 Å². The van der Waals surface area contributed by atoms with E-state index in [1.807, 2.05) is 6.92 Å². The second-order valence-corrected chi connectivity index (χ2v) is 6.16. The summed E-state index contributed by atoms with van der Waals surface area (Å²) in [5, 5.41) is 9.60. The number of sulfone groups is 1. The summed E-state index contributed by atoms with van der Waals surface area (Å²) in [6, 6.07) is 0. The molecule has 0 saturated heterocycles. The molecule has 0 rings (SSSR count). The van der Waals surface area contributed by atoms with Gasteiger partial charge in [0.15, 0.2) is 0 Å². The van der Waals surface area contributed by atoms with E-state index in [1.54, 1.807) is 13.8 Å². The van der Waals surface area contributed by atoms with Gasteiger partial charge in [0, 0.05) is 5.75 Å². The van der Waals surface area contributed by atoms with Gasteiger partial charge in [0.25, 0.3) is 0 Å². The lowest BCUT2D eigenvalue weighted by Gasteiger charge is -2.20. The van der Waals surface area contributed by atoms with Crippen molar-refractivity contribution in [2.24, 2.45) is 0 Å². The summed E-state index contributed by atoms with van der Waals surface area (Å²) in [5.41, 5.74) is -0.705. The summed E-state index contributed by atoms with van der Waals surface area (Å²) < 4.78 is 22.2. The Morgan fingerprint density at radius 2 is 1.85 bits per heavy atom. The van der Waals surface area contributed by atoms with Crippen molar-refractivity contribution in [3.63, 3.8) is 0 Å². The van der Waals surface area contributed by atoms with Crippen LogP contribution in [0.2, 0.25) is 0 Å². The molecule has 13 heavy (non-hydrogen) atoms. The molecule has 0 saturated carbocycles. The van der Waals surface area contributed by atoms with Crippen molar-refractivity contribution in [3.05, 3.63) is 0 Å². The Hall–Kier alpha value is -0.0900. The van der Waals surface area contributed by atoms with Gasteiger partial charge in [0.2, 0.25) is 0 Å². The molecule has 0 aromatic carbocycles. The number of hydrogen-bond donors (Lipinski definition) is 1. The normalized spacial score (nSPS) is 16.9.